The van der Waals surface area contributed by atoms with Gasteiger partial charge in [-0.05, 0) is 82.0 Å². The van der Waals surface area contributed by atoms with Gasteiger partial charge in [-0.15, -0.1) is 0 Å². The van der Waals surface area contributed by atoms with Crippen molar-refractivity contribution in [2.75, 3.05) is 43.1 Å². The Morgan fingerprint density at radius 1 is 1.07 bits per heavy atom. The van der Waals surface area contributed by atoms with Crippen molar-refractivity contribution >= 4 is 42.1 Å². The number of fused-ring (bicyclic) bond motifs is 1. The maximum Gasteiger partial charge on any atom is 0.330 e. The van der Waals surface area contributed by atoms with Crippen molar-refractivity contribution in [2.24, 2.45) is 0 Å². The lowest BCUT2D eigenvalue weighted by atomic mass is 10.0. The van der Waals surface area contributed by atoms with E-state index in [0.29, 0.717) is 72.5 Å². The van der Waals surface area contributed by atoms with Crippen LogP contribution in [-0.2, 0) is 18.4 Å². The number of carbonyl (C=O) groups is 2. The maximum atomic E-state index is 13.0. The summed E-state index contributed by atoms with van der Waals surface area (Å²) in [6, 6.07) is 12.2. The Hall–Kier alpha value is -4.32. The molecular weight excluding hydrogens is 609 g/mol. The molecule has 0 bridgehead atoms. The number of nitrogens with one attached hydrogen (secondary N) is 3. The highest BCUT2D eigenvalue weighted by Gasteiger charge is 2.27. The highest BCUT2D eigenvalue weighted by Crippen LogP contribution is 2.48. The Morgan fingerprint density at radius 2 is 1.83 bits per heavy atom. The summed E-state index contributed by atoms with van der Waals surface area (Å²) in [6.07, 6.45) is 5.89. The maximum absolute atomic E-state index is 13.0. The number of carbonyl (C=O) groups excluding carboxylic acids is 2. The Kier molecular flexibility index (Phi) is 11.0. The number of likely N-dealkylation sites (tertiary alicyclic amines) is 1. The molecule has 46 heavy (non-hydrogen) atoms. The van der Waals surface area contributed by atoms with Crippen LogP contribution >= 0.6 is 7.60 Å². The third-order valence-corrected chi connectivity index (χ3v) is 9.68. The smallest absolute Gasteiger partial charge is 0.330 e. The third kappa shape index (κ3) is 8.48. The quantitative estimate of drug-likeness (QED) is 0.135. The first-order valence-corrected chi connectivity index (χ1v) is 17.3. The molecule has 4 heterocycles. The van der Waals surface area contributed by atoms with E-state index in [4.69, 9.17) is 13.8 Å². The number of hydrogen-bond donors (Lipinski definition) is 3. The van der Waals surface area contributed by atoms with Gasteiger partial charge in [-0.3, -0.25) is 19.3 Å². The number of rotatable bonds is 14. The van der Waals surface area contributed by atoms with Crippen molar-refractivity contribution in [3.8, 4) is 11.5 Å². The number of aryl methyl sites for hydroxylation is 1. The van der Waals surface area contributed by atoms with Crippen LogP contribution in [0.15, 0.2) is 54.9 Å². The topological polar surface area (TPSA) is 161 Å². The number of aromatic nitrogens is 4. The summed E-state index contributed by atoms with van der Waals surface area (Å²) < 4.78 is 29.7. The summed E-state index contributed by atoms with van der Waals surface area (Å²) in [5, 5.41) is 14.4. The lowest BCUT2D eigenvalue weighted by Crippen LogP contribution is -2.45. The van der Waals surface area contributed by atoms with E-state index < -0.39 is 7.60 Å². The standard InChI is InChI=1S/C32H40N7O6P/c1-4-43-46(42,44-5-2)19-7-9-28(40)39-18-6-8-24(21-39)35-31-29-26(15-17-34-30(29)37-38-31)45-25-12-10-23(11-13-25)32(41)36-27-20-22(3)14-16-33-27/h10-17,20,24H,4-9,18-19,21H2,1-3H3,(H,33,36,41)(H2,34,35,37,38)/t24-/m1/s1. The molecule has 0 unspecified atom stereocenters. The van der Waals surface area contributed by atoms with Crippen LogP contribution < -0.4 is 15.4 Å². The minimum Gasteiger partial charge on any atom is -0.456 e. The first-order chi connectivity index (χ1) is 22.3. The van der Waals surface area contributed by atoms with Crippen molar-refractivity contribution in [3.63, 3.8) is 0 Å². The molecule has 244 valence electrons. The predicted molar refractivity (Wildman–Crippen MR) is 176 cm³/mol. The zero-order valence-electron chi connectivity index (χ0n) is 26.3. The molecule has 1 saturated heterocycles. The summed E-state index contributed by atoms with van der Waals surface area (Å²) >= 11 is 0. The van der Waals surface area contributed by atoms with Gasteiger partial charge < -0.3 is 29.3 Å². The van der Waals surface area contributed by atoms with Crippen molar-refractivity contribution in [1.82, 2.24) is 25.1 Å². The SMILES string of the molecule is CCOP(=O)(CCCC(=O)N1CCC[C@@H](Nc2n[nH]c3nccc(Oc4ccc(C(=O)Nc5cc(C)ccn5)cc4)c23)C1)OCC. The van der Waals surface area contributed by atoms with Crippen molar-refractivity contribution in [3.05, 3.63) is 66.0 Å². The van der Waals surface area contributed by atoms with Gasteiger partial charge in [0.15, 0.2) is 11.5 Å². The zero-order chi connectivity index (χ0) is 32.5. The largest absolute Gasteiger partial charge is 0.456 e. The molecule has 1 fully saturated rings. The van der Waals surface area contributed by atoms with Crippen molar-refractivity contribution in [2.45, 2.75) is 52.5 Å². The number of aromatic amines is 1. The zero-order valence-corrected chi connectivity index (χ0v) is 27.2. The van der Waals surface area contributed by atoms with Crippen LogP contribution in [0.1, 0.15) is 55.5 Å². The molecule has 1 atom stereocenters. The molecule has 1 aliphatic rings. The number of piperidine rings is 1. The second-order valence-corrected chi connectivity index (χ2v) is 13.2. The molecule has 0 aliphatic carbocycles. The molecule has 2 amide bonds. The van der Waals surface area contributed by atoms with Gasteiger partial charge in [0.25, 0.3) is 5.91 Å². The number of H-pyrrole nitrogens is 1. The highest BCUT2D eigenvalue weighted by atomic mass is 31.2. The Balaban J connectivity index is 1.20. The second-order valence-electron chi connectivity index (χ2n) is 11.0. The number of amides is 2. The molecule has 0 spiro atoms. The van der Waals surface area contributed by atoms with Gasteiger partial charge in [0.1, 0.15) is 22.7 Å². The Bertz CT molecular complexity index is 1690. The fourth-order valence-corrected chi connectivity index (χ4v) is 7.03. The van der Waals surface area contributed by atoms with Crippen LogP contribution in [0.4, 0.5) is 11.6 Å². The summed E-state index contributed by atoms with van der Waals surface area (Å²) in [5.41, 5.74) is 2.02. The van der Waals surface area contributed by atoms with Gasteiger partial charge in [-0.2, -0.15) is 5.10 Å². The average Bonchev–Trinajstić information content (AvgIpc) is 3.45. The highest BCUT2D eigenvalue weighted by molar-refractivity contribution is 7.53. The van der Waals surface area contributed by atoms with Gasteiger partial charge in [-0.1, -0.05) is 0 Å². The van der Waals surface area contributed by atoms with Gasteiger partial charge >= 0.3 is 7.60 Å². The summed E-state index contributed by atoms with van der Waals surface area (Å²) in [6.45, 7) is 7.26. The molecular formula is C32H40N7O6P. The monoisotopic (exact) mass is 649 g/mol. The van der Waals surface area contributed by atoms with Crippen molar-refractivity contribution in [1.29, 1.82) is 0 Å². The van der Waals surface area contributed by atoms with Gasteiger partial charge in [0.05, 0.1) is 19.4 Å². The molecule has 5 rings (SSSR count). The predicted octanol–water partition coefficient (Wildman–Crippen LogP) is 6.16. The van der Waals surface area contributed by atoms with Crippen LogP contribution in [0.25, 0.3) is 11.0 Å². The van der Waals surface area contributed by atoms with Crippen molar-refractivity contribution < 1.29 is 27.9 Å². The molecule has 1 aromatic carbocycles. The molecule has 4 aromatic rings. The van der Waals surface area contributed by atoms with Gasteiger partial charge in [-0.25, -0.2) is 9.97 Å². The summed E-state index contributed by atoms with van der Waals surface area (Å²) in [5.74, 6) is 1.89. The molecule has 13 nitrogen and oxygen atoms in total. The van der Waals surface area contributed by atoms with E-state index in [1.807, 2.05) is 17.9 Å². The second kappa shape index (κ2) is 15.3. The number of ether oxygens (including phenoxy) is 1. The van der Waals surface area contributed by atoms with E-state index in [9.17, 15) is 14.2 Å². The van der Waals surface area contributed by atoms with E-state index in [1.54, 1.807) is 62.6 Å². The minimum atomic E-state index is -3.17. The molecule has 3 N–H and O–H groups in total. The van der Waals surface area contributed by atoms with E-state index in [-0.39, 0.29) is 30.4 Å². The minimum absolute atomic E-state index is 0.0101. The van der Waals surface area contributed by atoms with E-state index in [2.05, 4.69) is 30.8 Å². The number of anilines is 2. The molecule has 3 aromatic heterocycles. The van der Waals surface area contributed by atoms with Crippen LogP contribution in [0, 0.1) is 6.92 Å². The van der Waals surface area contributed by atoms with Crippen LogP contribution in [-0.4, -0.2) is 75.4 Å². The lowest BCUT2D eigenvalue weighted by Gasteiger charge is -2.33. The average molecular weight is 650 g/mol. The van der Waals surface area contributed by atoms with Gasteiger partial charge in [0, 0.05) is 49.6 Å². The molecule has 0 radical (unpaired) electrons. The van der Waals surface area contributed by atoms with E-state index in [0.717, 1.165) is 18.4 Å². The summed E-state index contributed by atoms with van der Waals surface area (Å²) in [4.78, 5) is 36.2. The fraction of sp³-hybridized carbons (Fsp3) is 0.406. The van der Waals surface area contributed by atoms with Crippen LogP contribution in [0.2, 0.25) is 0 Å². The molecule has 0 saturated carbocycles. The Labute approximate surface area is 268 Å². The van der Waals surface area contributed by atoms with E-state index >= 15 is 0 Å². The number of hydrogen-bond acceptors (Lipinski definition) is 10. The first-order valence-electron chi connectivity index (χ1n) is 15.5. The number of benzene rings is 1. The van der Waals surface area contributed by atoms with Gasteiger partial charge in [0.2, 0.25) is 5.91 Å². The first kappa shape index (κ1) is 33.1. The van der Waals surface area contributed by atoms with E-state index in [1.165, 1.54) is 0 Å². The normalized spacial score (nSPS) is 15.1. The fourth-order valence-electron chi connectivity index (χ4n) is 5.36. The molecule has 1 aliphatic heterocycles. The number of pyridine rings is 2. The van der Waals surface area contributed by atoms with Crippen LogP contribution in [0.5, 0.6) is 11.5 Å². The summed E-state index contributed by atoms with van der Waals surface area (Å²) in [7, 11) is -3.17. The molecule has 14 heteroatoms. The Morgan fingerprint density at radius 3 is 2.57 bits per heavy atom. The lowest BCUT2D eigenvalue weighted by molar-refractivity contribution is -0.132. The number of nitrogens with zero attached hydrogens (tertiary/aromatic N) is 4. The van der Waals surface area contributed by atoms with Crippen LogP contribution in [0.3, 0.4) is 0 Å². The third-order valence-electron chi connectivity index (χ3n) is 7.51.